The van der Waals surface area contributed by atoms with E-state index in [0.29, 0.717) is 67.9 Å². The second-order valence-electron chi connectivity index (χ2n) is 15.5. The lowest BCUT2D eigenvalue weighted by Crippen LogP contribution is -2.34. The highest BCUT2D eigenvalue weighted by atomic mass is 16.5. The zero-order valence-corrected chi connectivity index (χ0v) is 35.9. The van der Waals surface area contributed by atoms with Crippen molar-refractivity contribution in [1.82, 2.24) is 19.9 Å². The second-order valence-corrected chi connectivity index (χ2v) is 15.5. The Balaban J connectivity index is 1.48. The number of amides is 1. The van der Waals surface area contributed by atoms with Gasteiger partial charge < -0.3 is 42.2 Å². The van der Waals surface area contributed by atoms with Gasteiger partial charge in [0.2, 0.25) is 24.1 Å². The largest absolute Gasteiger partial charge is 0.462 e. The van der Waals surface area contributed by atoms with Crippen LogP contribution in [0.25, 0.3) is 29.2 Å². The number of aromatic nitrogens is 3. The lowest BCUT2D eigenvalue weighted by Gasteiger charge is -2.31. The van der Waals surface area contributed by atoms with Gasteiger partial charge >= 0.3 is 5.97 Å². The molecule has 0 saturated carbocycles. The number of Topliss-reactive ketones (excluding diaryl/α,β-unsaturated/α-hetero) is 1. The maximum atomic E-state index is 13.3. The molecule has 0 radical (unpaired) electrons. The number of hydrogen-bond acceptors (Lipinski definition) is 15. The third-order valence-electron chi connectivity index (χ3n) is 11.0. The van der Waals surface area contributed by atoms with Gasteiger partial charge in [0.15, 0.2) is 17.2 Å². The Kier molecular flexibility index (Phi) is 18.8. The molecule has 0 fully saturated rings. The standard InChI is InChI=1S/C44H60N4O12/c1-27-13-9-10-17-40-45-33(24-57-40)43-47-34(25-59-43)44-46-32(23-58-44)42(56-8)30(4)35(51)15-11-14-31(50)21-41(53)60-39(27)22-38(55-7)28(2)18-19-36(52)29(3)37(54-6)16-12-20-48(5)26-49/h10-12,15,17,20,23-31,37-39,42,50H,9,13-14,16,18-19,21-22H2,1-8H3/b15-11+,17-10+,20-12+/t27-,28+,29+,30+,31+,37-,38+,39+,42?/m1/s1. The van der Waals surface area contributed by atoms with E-state index in [4.69, 9.17) is 32.2 Å². The number of allylic oxidation sites excluding steroid dienone is 2. The van der Waals surface area contributed by atoms with E-state index in [2.05, 4.69) is 15.0 Å². The number of esters is 1. The van der Waals surface area contributed by atoms with E-state index < -0.39 is 30.2 Å². The van der Waals surface area contributed by atoms with Crippen LogP contribution in [-0.4, -0.2) is 102 Å². The minimum atomic E-state index is -1.10. The Hall–Kier alpha value is -5.03. The van der Waals surface area contributed by atoms with Crippen LogP contribution >= 0.6 is 0 Å². The van der Waals surface area contributed by atoms with Gasteiger partial charge in [0, 0.05) is 53.3 Å². The van der Waals surface area contributed by atoms with Crippen LogP contribution in [0.15, 0.2) is 62.5 Å². The highest BCUT2D eigenvalue weighted by Gasteiger charge is 2.31. The van der Waals surface area contributed by atoms with E-state index in [0.717, 1.165) is 0 Å². The smallest absolute Gasteiger partial charge is 0.308 e. The van der Waals surface area contributed by atoms with Crippen LogP contribution in [0.3, 0.4) is 0 Å². The number of cyclic esters (lactones) is 1. The zero-order chi connectivity index (χ0) is 43.8. The number of nitrogens with zero attached hydrogens (tertiary/aromatic N) is 4. The SMILES string of the molecule is COC1c2coc(n2)-c2coc(n2)-c2coc(n2)/C=C/CC[C@@H](C)[C@H](C[C@H](OC)[C@@H](C)CCC(=O)[C@H](C)[C@@H](C/C=C/N(C)C=O)OC)OC(=O)C[C@@H](O)C/C=C/C(=O)[C@@H]1C. The summed E-state index contributed by atoms with van der Waals surface area (Å²) in [6.45, 7) is 7.54. The van der Waals surface area contributed by atoms with Gasteiger partial charge in [0.25, 0.3) is 0 Å². The highest BCUT2D eigenvalue weighted by molar-refractivity contribution is 5.92. The summed E-state index contributed by atoms with van der Waals surface area (Å²) in [6.07, 6.45) is 14.5. The molecule has 3 aromatic heterocycles. The van der Waals surface area contributed by atoms with Gasteiger partial charge in [-0.2, -0.15) is 0 Å². The number of rotatable bonds is 15. The predicted molar refractivity (Wildman–Crippen MR) is 219 cm³/mol. The number of fused-ring (bicyclic) bond motifs is 8. The van der Waals surface area contributed by atoms with Gasteiger partial charge in [0.1, 0.15) is 42.5 Å². The minimum Gasteiger partial charge on any atom is -0.462 e. The normalized spacial score (nSPS) is 24.1. The molecular formula is C44H60N4O12. The van der Waals surface area contributed by atoms with Crippen molar-refractivity contribution in [2.24, 2.45) is 23.7 Å². The van der Waals surface area contributed by atoms with Crippen molar-refractivity contribution in [3.63, 3.8) is 0 Å². The number of aliphatic hydroxyl groups excluding tert-OH is 1. The summed E-state index contributed by atoms with van der Waals surface area (Å²) in [7, 11) is 6.27. The molecule has 4 heterocycles. The van der Waals surface area contributed by atoms with Crippen LogP contribution in [-0.2, 0) is 38.1 Å². The minimum absolute atomic E-state index is 0.0431. The molecule has 0 aromatic carbocycles. The summed E-state index contributed by atoms with van der Waals surface area (Å²) >= 11 is 0. The van der Waals surface area contributed by atoms with Gasteiger partial charge in [-0.05, 0) is 56.1 Å². The molecule has 4 rings (SSSR count). The predicted octanol–water partition coefficient (Wildman–Crippen LogP) is 6.96. The molecule has 0 spiro atoms. The van der Waals surface area contributed by atoms with Gasteiger partial charge in [0.05, 0.1) is 30.7 Å². The average Bonchev–Trinajstić information content (AvgIpc) is 4.03. The van der Waals surface area contributed by atoms with Gasteiger partial charge in [-0.3, -0.25) is 19.2 Å². The first-order chi connectivity index (χ1) is 28.8. The summed E-state index contributed by atoms with van der Waals surface area (Å²) in [4.78, 5) is 65.5. The Labute approximate surface area is 351 Å². The molecule has 0 saturated heterocycles. The fourth-order valence-corrected chi connectivity index (χ4v) is 7.01. The van der Waals surface area contributed by atoms with E-state index in [1.807, 2.05) is 26.8 Å². The Bertz CT molecular complexity index is 1910. The molecular weight excluding hydrogens is 777 g/mol. The first-order valence-corrected chi connectivity index (χ1v) is 20.3. The van der Waals surface area contributed by atoms with Crippen LogP contribution < -0.4 is 0 Å². The van der Waals surface area contributed by atoms with Gasteiger partial charge in [-0.25, -0.2) is 15.0 Å². The number of ketones is 2. The number of carbonyl (C=O) groups is 4. The van der Waals surface area contributed by atoms with Crippen LogP contribution in [0, 0.1) is 23.7 Å². The van der Waals surface area contributed by atoms with Crippen molar-refractivity contribution in [2.45, 2.75) is 110 Å². The summed E-state index contributed by atoms with van der Waals surface area (Å²) < 4.78 is 40.2. The van der Waals surface area contributed by atoms with Crippen LogP contribution in [0.2, 0.25) is 0 Å². The van der Waals surface area contributed by atoms with Crippen molar-refractivity contribution in [3.05, 3.63) is 60.9 Å². The number of carbonyl (C=O) groups excluding carboxylic acids is 4. The molecule has 328 valence electrons. The maximum Gasteiger partial charge on any atom is 0.308 e. The number of hydrogen-bond donors (Lipinski definition) is 1. The molecule has 9 atom stereocenters. The first-order valence-electron chi connectivity index (χ1n) is 20.3. The molecule has 16 nitrogen and oxygen atoms in total. The molecule has 1 amide bonds. The first kappa shape index (κ1) is 47.6. The molecule has 1 N–H and O–H groups in total. The Morgan fingerprint density at radius 3 is 2.38 bits per heavy atom. The Morgan fingerprint density at radius 1 is 0.967 bits per heavy atom. The Morgan fingerprint density at radius 2 is 1.67 bits per heavy atom. The van der Waals surface area contributed by atoms with Crippen molar-refractivity contribution < 1.29 is 56.5 Å². The van der Waals surface area contributed by atoms with E-state index in [1.165, 1.54) is 43.0 Å². The van der Waals surface area contributed by atoms with E-state index in [9.17, 15) is 24.3 Å². The van der Waals surface area contributed by atoms with Gasteiger partial charge in [-0.1, -0.05) is 45.9 Å². The highest BCUT2D eigenvalue weighted by Crippen LogP contribution is 2.31. The number of aliphatic hydroxyl groups is 1. The molecule has 0 aliphatic carbocycles. The molecule has 6 bridgehead atoms. The van der Waals surface area contributed by atoms with Crippen molar-refractivity contribution in [3.8, 4) is 23.2 Å². The third kappa shape index (κ3) is 13.8. The lowest BCUT2D eigenvalue weighted by atomic mass is 9.86. The average molecular weight is 837 g/mol. The quantitative estimate of drug-likeness (QED) is 0.121. The van der Waals surface area contributed by atoms with Crippen LogP contribution in [0.5, 0.6) is 0 Å². The molecule has 1 aliphatic heterocycles. The molecule has 3 aromatic rings. The zero-order valence-electron chi connectivity index (χ0n) is 35.9. The maximum absolute atomic E-state index is 13.3. The summed E-state index contributed by atoms with van der Waals surface area (Å²) in [6, 6.07) is 0. The van der Waals surface area contributed by atoms with E-state index in [-0.39, 0.29) is 66.2 Å². The van der Waals surface area contributed by atoms with Crippen LogP contribution in [0.1, 0.15) is 96.8 Å². The molecule has 16 heteroatoms. The third-order valence-corrected chi connectivity index (χ3v) is 11.0. The fourth-order valence-electron chi connectivity index (χ4n) is 7.01. The van der Waals surface area contributed by atoms with Crippen LogP contribution in [0.4, 0.5) is 0 Å². The van der Waals surface area contributed by atoms with Gasteiger partial charge in [-0.15, -0.1) is 0 Å². The number of ether oxygens (including phenoxy) is 4. The van der Waals surface area contributed by atoms with Crippen molar-refractivity contribution in [1.29, 1.82) is 0 Å². The summed E-state index contributed by atoms with van der Waals surface area (Å²) in [5.74, 6) is -1.32. The molecule has 60 heavy (non-hydrogen) atoms. The second kappa shape index (κ2) is 23.7. The van der Waals surface area contributed by atoms with Crippen molar-refractivity contribution >= 4 is 30.0 Å². The van der Waals surface area contributed by atoms with E-state index >= 15 is 0 Å². The summed E-state index contributed by atoms with van der Waals surface area (Å²) in [5.41, 5.74) is 1.07. The topological polar surface area (TPSA) is 207 Å². The monoisotopic (exact) mass is 836 g/mol. The molecule has 1 aliphatic rings. The van der Waals surface area contributed by atoms with Crippen molar-refractivity contribution in [2.75, 3.05) is 28.4 Å². The number of methoxy groups -OCH3 is 3. The number of oxazole rings is 3. The lowest BCUT2D eigenvalue weighted by molar-refractivity contribution is -0.156. The summed E-state index contributed by atoms with van der Waals surface area (Å²) in [5, 5.41) is 10.8. The van der Waals surface area contributed by atoms with E-state index in [1.54, 1.807) is 46.5 Å². The molecule has 1 unspecified atom stereocenters. The fraction of sp³-hybridized carbons (Fsp3) is 0.568.